The van der Waals surface area contributed by atoms with Crippen LogP contribution in [-0.4, -0.2) is 18.3 Å². The lowest BCUT2D eigenvalue weighted by molar-refractivity contribution is 0.00578. The highest BCUT2D eigenvalue weighted by atomic mass is 35.5. The van der Waals surface area contributed by atoms with Crippen molar-refractivity contribution in [2.75, 3.05) is 0 Å². The summed E-state index contributed by atoms with van der Waals surface area (Å²) in [5, 5.41) is 0.0298. The molecule has 1 aromatic rings. The lowest BCUT2D eigenvalue weighted by Gasteiger charge is -2.32. The van der Waals surface area contributed by atoms with E-state index in [4.69, 9.17) is 20.9 Å². The van der Waals surface area contributed by atoms with Gasteiger partial charge in [-0.15, -0.1) is 0 Å². The number of rotatable bonds is 2. The molecule has 1 aliphatic rings. The van der Waals surface area contributed by atoms with E-state index < -0.39 is 24.7 Å². The van der Waals surface area contributed by atoms with Gasteiger partial charge >= 0.3 is 7.12 Å². The van der Waals surface area contributed by atoms with Gasteiger partial charge in [0.2, 0.25) is 0 Å². The molecule has 0 amide bonds. The van der Waals surface area contributed by atoms with Crippen molar-refractivity contribution in [1.82, 2.24) is 0 Å². The first-order chi connectivity index (χ1) is 8.64. The third-order valence-electron chi connectivity index (χ3n) is 3.79. The molecule has 19 heavy (non-hydrogen) atoms. The van der Waals surface area contributed by atoms with E-state index in [1.807, 2.05) is 27.7 Å². The Morgan fingerprint density at radius 3 is 2.05 bits per heavy atom. The molecule has 2 nitrogen and oxygen atoms in total. The maximum absolute atomic E-state index is 12.6. The molecule has 1 saturated heterocycles. The maximum atomic E-state index is 12.6. The molecular formula is C13H16BClF2O2. The molecule has 0 unspecified atom stereocenters. The summed E-state index contributed by atoms with van der Waals surface area (Å²) in [5.41, 5.74) is -0.466. The van der Waals surface area contributed by atoms with E-state index in [1.54, 1.807) is 6.07 Å². The number of hydrogen-bond donors (Lipinski definition) is 0. The molecule has 1 heterocycles. The first-order valence-electron chi connectivity index (χ1n) is 6.07. The number of alkyl halides is 2. The maximum Gasteiger partial charge on any atom is 0.494 e. The second-order valence-electron chi connectivity index (χ2n) is 5.67. The highest BCUT2D eigenvalue weighted by Crippen LogP contribution is 2.37. The smallest absolute Gasteiger partial charge is 0.399 e. The largest absolute Gasteiger partial charge is 0.494 e. The van der Waals surface area contributed by atoms with E-state index in [-0.39, 0.29) is 10.6 Å². The van der Waals surface area contributed by atoms with Crippen LogP contribution in [0.4, 0.5) is 8.78 Å². The predicted molar refractivity (Wildman–Crippen MR) is 72.1 cm³/mol. The molecule has 0 radical (unpaired) electrons. The van der Waals surface area contributed by atoms with E-state index in [0.717, 1.165) is 0 Å². The zero-order chi connectivity index (χ0) is 14.4. The molecule has 0 N–H and O–H groups in total. The summed E-state index contributed by atoms with van der Waals surface area (Å²) >= 11 is 5.85. The van der Waals surface area contributed by atoms with Gasteiger partial charge in [0.05, 0.1) is 11.2 Å². The van der Waals surface area contributed by atoms with Gasteiger partial charge in [-0.05, 0) is 39.2 Å². The fraction of sp³-hybridized carbons (Fsp3) is 0.538. The lowest BCUT2D eigenvalue weighted by atomic mass is 9.79. The zero-order valence-electron chi connectivity index (χ0n) is 11.3. The van der Waals surface area contributed by atoms with Crippen LogP contribution in [0, 0.1) is 0 Å². The fourth-order valence-corrected chi connectivity index (χ4v) is 2.12. The van der Waals surface area contributed by atoms with Crippen LogP contribution in [0.15, 0.2) is 18.2 Å². The van der Waals surface area contributed by atoms with Crippen molar-refractivity contribution in [3.63, 3.8) is 0 Å². The van der Waals surface area contributed by atoms with Crippen LogP contribution in [0.3, 0.4) is 0 Å². The van der Waals surface area contributed by atoms with Crippen LogP contribution in [0.25, 0.3) is 0 Å². The SMILES string of the molecule is CC1(C)OB(c2ccc(C(F)F)c(Cl)c2)OC1(C)C. The van der Waals surface area contributed by atoms with Crippen molar-refractivity contribution in [2.24, 2.45) is 0 Å². The molecule has 0 saturated carbocycles. The summed E-state index contributed by atoms with van der Waals surface area (Å²) in [5.74, 6) is 0. The molecule has 2 rings (SSSR count). The summed E-state index contributed by atoms with van der Waals surface area (Å²) in [6, 6.07) is 4.36. The van der Waals surface area contributed by atoms with Crippen molar-refractivity contribution in [3.8, 4) is 0 Å². The quantitative estimate of drug-likeness (QED) is 0.775. The van der Waals surface area contributed by atoms with E-state index in [9.17, 15) is 8.78 Å². The van der Waals surface area contributed by atoms with E-state index in [2.05, 4.69) is 0 Å². The van der Waals surface area contributed by atoms with Crippen molar-refractivity contribution < 1.29 is 18.1 Å². The monoisotopic (exact) mass is 288 g/mol. The predicted octanol–water partition coefficient (Wildman–Crippen LogP) is 3.58. The molecule has 0 bridgehead atoms. The van der Waals surface area contributed by atoms with Gasteiger partial charge in [-0.2, -0.15) is 0 Å². The van der Waals surface area contributed by atoms with Gasteiger partial charge in [-0.3, -0.25) is 0 Å². The summed E-state index contributed by atoms with van der Waals surface area (Å²) in [6.45, 7) is 7.73. The third-order valence-corrected chi connectivity index (χ3v) is 4.11. The minimum absolute atomic E-state index is 0.0298. The van der Waals surface area contributed by atoms with Crippen LogP contribution >= 0.6 is 11.6 Å². The summed E-state index contributed by atoms with van der Waals surface area (Å²) in [6.07, 6.45) is -2.58. The van der Waals surface area contributed by atoms with Gasteiger partial charge < -0.3 is 9.31 Å². The minimum Gasteiger partial charge on any atom is -0.399 e. The van der Waals surface area contributed by atoms with Crippen molar-refractivity contribution in [1.29, 1.82) is 0 Å². The molecule has 0 aliphatic carbocycles. The Hall–Kier alpha value is -0.645. The zero-order valence-corrected chi connectivity index (χ0v) is 12.1. The first kappa shape index (κ1) is 14.8. The van der Waals surface area contributed by atoms with Crippen molar-refractivity contribution >= 4 is 24.2 Å². The van der Waals surface area contributed by atoms with E-state index >= 15 is 0 Å². The number of halogens is 3. The molecule has 0 spiro atoms. The van der Waals surface area contributed by atoms with Crippen LogP contribution < -0.4 is 5.46 Å². The van der Waals surface area contributed by atoms with Crippen LogP contribution in [-0.2, 0) is 9.31 Å². The number of hydrogen-bond acceptors (Lipinski definition) is 2. The Morgan fingerprint density at radius 2 is 1.63 bits per heavy atom. The molecule has 0 atom stereocenters. The molecule has 1 aromatic carbocycles. The number of benzene rings is 1. The van der Waals surface area contributed by atoms with Crippen LogP contribution in [0.1, 0.15) is 39.7 Å². The Bertz CT molecular complexity index is 476. The van der Waals surface area contributed by atoms with Gasteiger partial charge in [-0.1, -0.05) is 23.7 Å². The first-order valence-corrected chi connectivity index (χ1v) is 6.45. The average molecular weight is 289 g/mol. The highest BCUT2D eigenvalue weighted by molar-refractivity contribution is 6.62. The van der Waals surface area contributed by atoms with Crippen LogP contribution in [0.5, 0.6) is 0 Å². The summed E-state index contributed by atoms with van der Waals surface area (Å²) in [4.78, 5) is 0. The normalized spacial score (nSPS) is 21.2. The molecule has 1 aliphatic heterocycles. The molecule has 1 fully saturated rings. The minimum atomic E-state index is -2.58. The topological polar surface area (TPSA) is 18.5 Å². The van der Waals surface area contributed by atoms with Gasteiger partial charge in [0.1, 0.15) is 0 Å². The Labute approximate surface area is 117 Å². The summed E-state index contributed by atoms with van der Waals surface area (Å²) in [7, 11) is -0.589. The van der Waals surface area contributed by atoms with Gasteiger partial charge in [0.25, 0.3) is 6.43 Å². The van der Waals surface area contributed by atoms with Crippen LogP contribution in [0.2, 0.25) is 5.02 Å². The van der Waals surface area contributed by atoms with E-state index in [0.29, 0.717) is 5.46 Å². The average Bonchev–Trinajstić information content (AvgIpc) is 2.47. The Kier molecular flexibility index (Phi) is 3.67. The van der Waals surface area contributed by atoms with Gasteiger partial charge in [-0.25, -0.2) is 8.78 Å². The van der Waals surface area contributed by atoms with Gasteiger partial charge in [0, 0.05) is 10.6 Å². The Balaban J connectivity index is 2.28. The third kappa shape index (κ3) is 2.64. The van der Waals surface area contributed by atoms with Crippen molar-refractivity contribution in [3.05, 3.63) is 28.8 Å². The van der Waals surface area contributed by atoms with E-state index in [1.165, 1.54) is 12.1 Å². The second kappa shape index (κ2) is 4.72. The fourth-order valence-electron chi connectivity index (χ4n) is 1.85. The standard InChI is InChI=1S/C13H16BClF2O2/c1-12(2)13(3,4)19-14(18-12)8-5-6-9(11(16)17)10(15)7-8/h5-7,11H,1-4H3. The Morgan fingerprint density at radius 1 is 1.11 bits per heavy atom. The molecule has 0 aromatic heterocycles. The molecule has 6 heteroatoms. The lowest BCUT2D eigenvalue weighted by Crippen LogP contribution is -2.41. The summed E-state index contributed by atoms with van der Waals surface area (Å²) < 4.78 is 36.9. The molecule has 104 valence electrons. The second-order valence-corrected chi connectivity index (χ2v) is 6.08. The van der Waals surface area contributed by atoms with Gasteiger partial charge in [0.15, 0.2) is 0 Å². The highest BCUT2D eigenvalue weighted by Gasteiger charge is 2.51. The molecular weight excluding hydrogens is 272 g/mol. The van der Waals surface area contributed by atoms with Crippen molar-refractivity contribution in [2.45, 2.75) is 45.3 Å².